The fraction of sp³-hybridized carbons (Fsp3) is 0.143. The molecule has 0 saturated heterocycles. The number of phenolic OH excluding ortho intramolecular Hbond substituents is 2. The van der Waals surface area contributed by atoms with Crippen LogP contribution in [0, 0.1) is 6.92 Å². The molecule has 0 spiro atoms. The monoisotopic (exact) mass is 278 g/mol. The third-order valence-electron chi connectivity index (χ3n) is 2.83. The number of anilines is 3. The molecular formula is C14H15ClN2O2. The zero-order chi connectivity index (χ0) is 14.0. The van der Waals surface area contributed by atoms with E-state index in [1.54, 1.807) is 25.2 Å². The summed E-state index contributed by atoms with van der Waals surface area (Å²) in [5.41, 5.74) is 3.11. The lowest BCUT2D eigenvalue weighted by Crippen LogP contribution is -1.98. The van der Waals surface area contributed by atoms with Crippen LogP contribution in [0.4, 0.5) is 17.1 Å². The van der Waals surface area contributed by atoms with E-state index in [9.17, 15) is 10.2 Å². The van der Waals surface area contributed by atoms with Crippen molar-refractivity contribution in [1.29, 1.82) is 0 Å². The standard InChI is InChI=1S/C14H15ClN2O2/c1-8-5-12(11(16-2)7-14(8)19)17-9-3-4-13(18)10(15)6-9/h3-7,16-19H,1-2H3. The van der Waals surface area contributed by atoms with Gasteiger partial charge in [0.2, 0.25) is 0 Å². The molecule has 0 aromatic heterocycles. The Morgan fingerprint density at radius 3 is 2.37 bits per heavy atom. The summed E-state index contributed by atoms with van der Waals surface area (Å²) in [6.07, 6.45) is 0. The van der Waals surface area contributed by atoms with Gasteiger partial charge in [0.05, 0.1) is 16.4 Å². The molecule has 0 aliphatic carbocycles. The fourth-order valence-corrected chi connectivity index (χ4v) is 1.93. The maximum absolute atomic E-state index is 9.68. The molecule has 4 N–H and O–H groups in total. The van der Waals surface area contributed by atoms with Crippen molar-refractivity contribution < 1.29 is 10.2 Å². The second-order valence-electron chi connectivity index (χ2n) is 4.23. The molecule has 2 aromatic carbocycles. The number of halogens is 1. The van der Waals surface area contributed by atoms with Crippen molar-refractivity contribution in [2.24, 2.45) is 0 Å². The molecule has 0 amide bonds. The Morgan fingerprint density at radius 1 is 1.00 bits per heavy atom. The lowest BCUT2D eigenvalue weighted by atomic mass is 10.1. The van der Waals surface area contributed by atoms with Crippen molar-refractivity contribution in [3.63, 3.8) is 0 Å². The Labute approximate surface area is 116 Å². The summed E-state index contributed by atoms with van der Waals surface area (Å²) in [5, 5.41) is 25.5. The van der Waals surface area contributed by atoms with Crippen LogP contribution in [0.25, 0.3) is 0 Å². The number of hydrogen-bond donors (Lipinski definition) is 4. The van der Waals surface area contributed by atoms with Crippen LogP contribution in [-0.2, 0) is 0 Å². The van der Waals surface area contributed by atoms with E-state index in [-0.39, 0.29) is 16.5 Å². The molecule has 0 aliphatic rings. The third kappa shape index (κ3) is 2.85. The van der Waals surface area contributed by atoms with E-state index in [4.69, 9.17) is 11.6 Å². The first kappa shape index (κ1) is 13.4. The average molecular weight is 279 g/mol. The van der Waals surface area contributed by atoms with Crippen molar-refractivity contribution in [2.45, 2.75) is 6.92 Å². The van der Waals surface area contributed by atoms with Gasteiger partial charge in [-0.2, -0.15) is 0 Å². The van der Waals surface area contributed by atoms with Gasteiger partial charge in [0.1, 0.15) is 11.5 Å². The highest BCUT2D eigenvalue weighted by Gasteiger charge is 2.07. The number of benzene rings is 2. The minimum atomic E-state index is 0.0444. The van der Waals surface area contributed by atoms with Gasteiger partial charge >= 0.3 is 0 Å². The van der Waals surface area contributed by atoms with Crippen LogP contribution in [0.5, 0.6) is 11.5 Å². The highest BCUT2D eigenvalue weighted by Crippen LogP contribution is 2.33. The molecule has 4 nitrogen and oxygen atoms in total. The van der Waals surface area contributed by atoms with Crippen LogP contribution in [0.2, 0.25) is 5.02 Å². The first-order valence-corrected chi connectivity index (χ1v) is 6.16. The summed E-state index contributed by atoms with van der Waals surface area (Å²) in [6.45, 7) is 1.82. The number of aromatic hydroxyl groups is 2. The van der Waals surface area contributed by atoms with Crippen molar-refractivity contribution in [3.8, 4) is 11.5 Å². The molecule has 0 atom stereocenters. The Kier molecular flexibility index (Phi) is 3.71. The van der Waals surface area contributed by atoms with Gasteiger partial charge in [0.25, 0.3) is 0 Å². The predicted molar refractivity (Wildman–Crippen MR) is 78.8 cm³/mol. The topological polar surface area (TPSA) is 64.5 Å². The van der Waals surface area contributed by atoms with E-state index in [0.29, 0.717) is 0 Å². The van der Waals surface area contributed by atoms with E-state index in [2.05, 4.69) is 10.6 Å². The molecule has 0 radical (unpaired) electrons. The molecule has 0 aliphatic heterocycles. The summed E-state index contributed by atoms with van der Waals surface area (Å²) in [4.78, 5) is 0. The van der Waals surface area contributed by atoms with Crippen molar-refractivity contribution in [1.82, 2.24) is 0 Å². The van der Waals surface area contributed by atoms with Gasteiger partial charge in [-0.25, -0.2) is 0 Å². The van der Waals surface area contributed by atoms with Crippen LogP contribution >= 0.6 is 11.6 Å². The van der Waals surface area contributed by atoms with Crippen LogP contribution in [0.15, 0.2) is 30.3 Å². The van der Waals surface area contributed by atoms with Crippen LogP contribution in [0.3, 0.4) is 0 Å². The van der Waals surface area contributed by atoms with Gasteiger partial charge in [0.15, 0.2) is 0 Å². The lowest BCUT2D eigenvalue weighted by Gasteiger charge is -2.14. The number of aryl methyl sites for hydroxylation is 1. The number of hydrogen-bond acceptors (Lipinski definition) is 4. The largest absolute Gasteiger partial charge is 0.508 e. The minimum Gasteiger partial charge on any atom is -0.508 e. The van der Waals surface area contributed by atoms with E-state index in [1.807, 2.05) is 13.0 Å². The number of nitrogens with one attached hydrogen (secondary N) is 2. The molecule has 2 aromatic rings. The van der Waals surface area contributed by atoms with Gasteiger partial charge < -0.3 is 20.8 Å². The zero-order valence-electron chi connectivity index (χ0n) is 10.7. The van der Waals surface area contributed by atoms with Crippen LogP contribution < -0.4 is 10.6 Å². The van der Waals surface area contributed by atoms with E-state index >= 15 is 0 Å². The van der Waals surface area contributed by atoms with Crippen LogP contribution in [-0.4, -0.2) is 17.3 Å². The summed E-state index contributed by atoms with van der Waals surface area (Å²) in [6, 6.07) is 8.37. The quantitative estimate of drug-likeness (QED) is 0.644. The molecule has 19 heavy (non-hydrogen) atoms. The van der Waals surface area contributed by atoms with E-state index in [0.717, 1.165) is 22.6 Å². The smallest absolute Gasteiger partial charge is 0.134 e. The highest BCUT2D eigenvalue weighted by molar-refractivity contribution is 6.32. The Morgan fingerprint density at radius 2 is 1.74 bits per heavy atom. The normalized spacial score (nSPS) is 10.3. The zero-order valence-corrected chi connectivity index (χ0v) is 11.4. The van der Waals surface area contributed by atoms with Gasteiger partial charge in [0, 0.05) is 18.8 Å². The minimum absolute atomic E-state index is 0.0444. The number of rotatable bonds is 3. The van der Waals surface area contributed by atoms with E-state index in [1.165, 1.54) is 6.07 Å². The molecule has 2 rings (SSSR count). The van der Waals surface area contributed by atoms with Crippen LogP contribution in [0.1, 0.15) is 5.56 Å². The fourth-order valence-electron chi connectivity index (χ4n) is 1.75. The molecule has 5 heteroatoms. The summed E-state index contributed by atoms with van der Waals surface area (Å²) in [5.74, 6) is 0.279. The summed E-state index contributed by atoms with van der Waals surface area (Å²) < 4.78 is 0. The third-order valence-corrected chi connectivity index (χ3v) is 3.13. The maximum Gasteiger partial charge on any atom is 0.134 e. The highest BCUT2D eigenvalue weighted by atomic mass is 35.5. The SMILES string of the molecule is CNc1cc(O)c(C)cc1Nc1ccc(O)c(Cl)c1. The van der Waals surface area contributed by atoms with Gasteiger partial charge in [-0.15, -0.1) is 0 Å². The Balaban J connectivity index is 2.37. The van der Waals surface area contributed by atoms with Crippen molar-refractivity contribution >= 4 is 28.7 Å². The number of phenols is 2. The average Bonchev–Trinajstić information content (AvgIpc) is 2.38. The van der Waals surface area contributed by atoms with Crippen molar-refractivity contribution in [2.75, 3.05) is 17.7 Å². The lowest BCUT2D eigenvalue weighted by molar-refractivity contribution is 0.471. The molecule has 100 valence electrons. The summed E-state index contributed by atoms with van der Waals surface area (Å²) >= 11 is 5.86. The molecule has 0 saturated carbocycles. The first-order valence-electron chi connectivity index (χ1n) is 5.78. The molecule has 0 heterocycles. The summed E-state index contributed by atoms with van der Waals surface area (Å²) in [7, 11) is 1.78. The van der Waals surface area contributed by atoms with Gasteiger partial charge in [-0.05, 0) is 36.8 Å². The van der Waals surface area contributed by atoms with E-state index < -0.39 is 0 Å². The second-order valence-corrected chi connectivity index (χ2v) is 4.63. The predicted octanol–water partition coefficient (Wildman–Crippen LogP) is 3.84. The second kappa shape index (κ2) is 5.28. The molecular weight excluding hydrogens is 264 g/mol. The molecule has 0 unspecified atom stereocenters. The Bertz CT molecular complexity index is 615. The Hall–Kier alpha value is -2.07. The first-order chi connectivity index (χ1) is 9.01. The van der Waals surface area contributed by atoms with Crippen molar-refractivity contribution in [3.05, 3.63) is 40.9 Å². The van der Waals surface area contributed by atoms with Gasteiger partial charge in [-0.3, -0.25) is 0 Å². The maximum atomic E-state index is 9.68. The van der Waals surface area contributed by atoms with Gasteiger partial charge in [-0.1, -0.05) is 11.6 Å². The molecule has 0 bridgehead atoms. The molecule has 0 fully saturated rings.